The van der Waals surface area contributed by atoms with Crippen LogP contribution in [0.15, 0.2) is 48.5 Å². The van der Waals surface area contributed by atoms with Gasteiger partial charge in [0.2, 0.25) is 5.91 Å². The first-order chi connectivity index (χ1) is 16.9. The summed E-state index contributed by atoms with van der Waals surface area (Å²) in [5.41, 5.74) is 0.948. The molecule has 184 valence electrons. The van der Waals surface area contributed by atoms with Crippen molar-refractivity contribution in [2.75, 3.05) is 23.8 Å². The van der Waals surface area contributed by atoms with Gasteiger partial charge in [0.05, 0.1) is 6.61 Å². The topological polar surface area (TPSA) is 117 Å². The third-order valence-corrected chi connectivity index (χ3v) is 6.34. The van der Waals surface area contributed by atoms with Gasteiger partial charge in [0, 0.05) is 29.9 Å². The van der Waals surface area contributed by atoms with Crippen LogP contribution in [-0.2, 0) is 9.59 Å². The highest BCUT2D eigenvalue weighted by Gasteiger charge is 2.52. The monoisotopic (exact) mass is 478 g/mol. The smallest absolute Gasteiger partial charge is 0.325 e. The molecule has 1 saturated carbocycles. The number of hydrogen-bond donors (Lipinski definition) is 3. The standard InChI is InChI=1S/C26H30N4O5/c1-2-35-21-13-11-20(12-14-21)28-23(32)18-7-9-19(10-8-18)27-22(31)6-5-17-30-24(33)26(29-25(30)34)15-3-4-16-26/h7-14H,2-6,15-17H2,1H3,(H,27,31)(H,28,32)(H,29,34). The Morgan fingerprint density at radius 3 is 2.26 bits per heavy atom. The average Bonchev–Trinajstić information content (AvgIpc) is 3.41. The first-order valence-electron chi connectivity index (χ1n) is 12.0. The molecule has 1 saturated heterocycles. The molecule has 1 aliphatic carbocycles. The van der Waals surface area contributed by atoms with Gasteiger partial charge < -0.3 is 20.7 Å². The number of benzene rings is 2. The first kappa shape index (κ1) is 24.3. The Hall–Kier alpha value is -3.88. The highest BCUT2D eigenvalue weighted by molar-refractivity contribution is 6.07. The van der Waals surface area contributed by atoms with E-state index in [4.69, 9.17) is 4.74 Å². The molecule has 2 aromatic carbocycles. The number of carbonyl (C=O) groups is 4. The molecule has 3 N–H and O–H groups in total. The van der Waals surface area contributed by atoms with Gasteiger partial charge >= 0.3 is 6.03 Å². The molecular weight excluding hydrogens is 448 g/mol. The van der Waals surface area contributed by atoms with E-state index in [-0.39, 0.29) is 36.7 Å². The van der Waals surface area contributed by atoms with Crippen molar-refractivity contribution in [1.29, 1.82) is 0 Å². The summed E-state index contributed by atoms with van der Waals surface area (Å²) in [7, 11) is 0. The molecule has 0 bridgehead atoms. The van der Waals surface area contributed by atoms with E-state index in [9.17, 15) is 19.2 Å². The maximum Gasteiger partial charge on any atom is 0.325 e. The van der Waals surface area contributed by atoms with Crippen molar-refractivity contribution < 1.29 is 23.9 Å². The molecule has 9 heteroatoms. The van der Waals surface area contributed by atoms with Crippen molar-refractivity contribution in [3.63, 3.8) is 0 Å². The highest BCUT2D eigenvalue weighted by atomic mass is 16.5. The molecular formula is C26H30N4O5. The second-order valence-corrected chi connectivity index (χ2v) is 8.82. The lowest BCUT2D eigenvalue weighted by molar-refractivity contribution is -0.131. The number of hydrogen-bond acceptors (Lipinski definition) is 5. The second kappa shape index (κ2) is 10.6. The zero-order valence-electron chi connectivity index (χ0n) is 19.8. The Morgan fingerprint density at radius 2 is 1.60 bits per heavy atom. The van der Waals surface area contributed by atoms with E-state index in [2.05, 4.69) is 16.0 Å². The largest absolute Gasteiger partial charge is 0.494 e. The Balaban J connectivity index is 1.22. The number of carbonyl (C=O) groups excluding carboxylic acids is 4. The lowest BCUT2D eigenvalue weighted by atomic mass is 9.98. The van der Waals surface area contributed by atoms with E-state index in [0.717, 1.165) is 18.6 Å². The summed E-state index contributed by atoms with van der Waals surface area (Å²) in [6.45, 7) is 2.69. The molecule has 0 radical (unpaired) electrons. The molecule has 0 atom stereocenters. The summed E-state index contributed by atoms with van der Waals surface area (Å²) >= 11 is 0. The molecule has 2 aromatic rings. The van der Waals surface area contributed by atoms with E-state index in [1.807, 2.05) is 6.92 Å². The van der Waals surface area contributed by atoms with Gasteiger partial charge in [0.15, 0.2) is 0 Å². The quantitative estimate of drug-likeness (QED) is 0.472. The first-order valence-corrected chi connectivity index (χ1v) is 12.0. The molecule has 1 heterocycles. The number of anilines is 2. The molecule has 1 spiro atoms. The molecule has 35 heavy (non-hydrogen) atoms. The van der Waals surface area contributed by atoms with Gasteiger partial charge in [0.1, 0.15) is 11.3 Å². The van der Waals surface area contributed by atoms with Gasteiger partial charge in [-0.1, -0.05) is 12.8 Å². The van der Waals surface area contributed by atoms with Crippen molar-refractivity contribution >= 4 is 35.1 Å². The Labute approximate surface area is 204 Å². The van der Waals surface area contributed by atoms with E-state index >= 15 is 0 Å². The lowest BCUT2D eigenvalue weighted by Gasteiger charge is -2.19. The van der Waals surface area contributed by atoms with Gasteiger partial charge in [-0.3, -0.25) is 19.3 Å². The van der Waals surface area contributed by atoms with Crippen molar-refractivity contribution in [3.05, 3.63) is 54.1 Å². The molecule has 1 aliphatic heterocycles. The van der Waals surface area contributed by atoms with Gasteiger partial charge in [-0.25, -0.2) is 4.79 Å². The summed E-state index contributed by atoms with van der Waals surface area (Å²) in [6, 6.07) is 13.3. The van der Waals surface area contributed by atoms with E-state index in [0.29, 0.717) is 42.8 Å². The minimum absolute atomic E-state index is 0.167. The minimum atomic E-state index is -0.722. The second-order valence-electron chi connectivity index (χ2n) is 8.82. The SMILES string of the molecule is CCOc1ccc(NC(=O)c2ccc(NC(=O)CCCN3C(=O)NC4(CCCC4)C3=O)cc2)cc1. The fraction of sp³-hybridized carbons (Fsp3) is 0.385. The molecule has 2 fully saturated rings. The Kier molecular flexibility index (Phi) is 7.33. The third-order valence-electron chi connectivity index (χ3n) is 6.34. The van der Waals surface area contributed by atoms with Crippen LogP contribution in [0.4, 0.5) is 16.2 Å². The number of ether oxygens (including phenoxy) is 1. The number of rotatable bonds is 9. The maximum atomic E-state index is 12.7. The predicted octanol–water partition coefficient (Wildman–Crippen LogP) is 3.92. The van der Waals surface area contributed by atoms with E-state index < -0.39 is 5.54 Å². The Morgan fingerprint density at radius 1 is 0.971 bits per heavy atom. The van der Waals surface area contributed by atoms with Crippen LogP contribution in [0.1, 0.15) is 55.8 Å². The van der Waals surface area contributed by atoms with Crippen LogP contribution in [0.5, 0.6) is 5.75 Å². The zero-order chi connectivity index (χ0) is 24.8. The van der Waals surface area contributed by atoms with E-state index in [1.165, 1.54) is 4.90 Å². The lowest BCUT2D eigenvalue weighted by Crippen LogP contribution is -2.44. The number of imide groups is 1. The predicted molar refractivity (Wildman–Crippen MR) is 131 cm³/mol. The zero-order valence-corrected chi connectivity index (χ0v) is 19.8. The normalized spacial score (nSPS) is 16.3. The van der Waals surface area contributed by atoms with Gasteiger partial charge in [-0.05, 0) is 74.7 Å². The molecule has 0 unspecified atom stereocenters. The van der Waals surface area contributed by atoms with Gasteiger partial charge in [-0.2, -0.15) is 0 Å². The van der Waals surface area contributed by atoms with Crippen LogP contribution in [0.25, 0.3) is 0 Å². The molecule has 4 rings (SSSR count). The summed E-state index contributed by atoms with van der Waals surface area (Å²) in [6.07, 6.45) is 3.79. The molecule has 2 aliphatic rings. The summed E-state index contributed by atoms with van der Waals surface area (Å²) in [4.78, 5) is 50.9. The van der Waals surface area contributed by atoms with Crippen LogP contribution in [0.3, 0.4) is 0 Å². The van der Waals surface area contributed by atoms with Crippen molar-refractivity contribution in [3.8, 4) is 5.75 Å². The number of nitrogens with zero attached hydrogens (tertiary/aromatic N) is 1. The van der Waals surface area contributed by atoms with Gasteiger partial charge in [0.25, 0.3) is 11.8 Å². The summed E-state index contributed by atoms with van der Waals surface area (Å²) in [5.74, 6) is 0.0815. The van der Waals surface area contributed by atoms with Crippen molar-refractivity contribution in [1.82, 2.24) is 10.2 Å². The number of amides is 5. The maximum absolute atomic E-state index is 12.7. The van der Waals surface area contributed by atoms with Crippen LogP contribution >= 0.6 is 0 Å². The summed E-state index contributed by atoms with van der Waals surface area (Å²) < 4.78 is 5.39. The number of nitrogens with one attached hydrogen (secondary N) is 3. The number of urea groups is 1. The average molecular weight is 479 g/mol. The Bertz CT molecular complexity index is 1090. The van der Waals surface area contributed by atoms with E-state index in [1.54, 1.807) is 48.5 Å². The minimum Gasteiger partial charge on any atom is -0.494 e. The highest BCUT2D eigenvalue weighted by Crippen LogP contribution is 2.35. The van der Waals surface area contributed by atoms with Gasteiger partial charge in [-0.15, -0.1) is 0 Å². The third kappa shape index (κ3) is 5.62. The summed E-state index contributed by atoms with van der Waals surface area (Å²) in [5, 5.41) is 8.45. The molecule has 0 aromatic heterocycles. The van der Waals surface area contributed by atoms with Crippen LogP contribution in [0, 0.1) is 0 Å². The van der Waals surface area contributed by atoms with Crippen molar-refractivity contribution in [2.45, 2.75) is 51.0 Å². The van der Waals surface area contributed by atoms with Crippen LogP contribution in [0.2, 0.25) is 0 Å². The molecule has 9 nitrogen and oxygen atoms in total. The van der Waals surface area contributed by atoms with Crippen molar-refractivity contribution in [2.24, 2.45) is 0 Å². The fourth-order valence-corrected chi connectivity index (χ4v) is 4.53. The molecule has 5 amide bonds. The fourth-order valence-electron chi connectivity index (χ4n) is 4.53. The van der Waals surface area contributed by atoms with Crippen LogP contribution < -0.4 is 20.7 Å². The van der Waals surface area contributed by atoms with Crippen LogP contribution in [-0.4, -0.2) is 47.3 Å².